The van der Waals surface area contributed by atoms with E-state index in [1.165, 1.54) is 12.8 Å². The Hall–Kier alpha value is 0.460. The molecule has 0 saturated heterocycles. The molecule has 0 aliphatic rings. The zero-order valence-corrected chi connectivity index (χ0v) is 13.3. The molecule has 0 aromatic rings. The van der Waals surface area contributed by atoms with Gasteiger partial charge in [-0.25, -0.2) is 0 Å². The molecule has 0 heterocycles. The molecule has 0 radical (unpaired) electrons. The predicted octanol–water partition coefficient (Wildman–Crippen LogP) is 3.28. The number of hydrogen-bond acceptors (Lipinski definition) is 3. The van der Waals surface area contributed by atoms with Crippen molar-refractivity contribution in [1.82, 2.24) is 0 Å². The van der Waals surface area contributed by atoms with Gasteiger partial charge in [-0.05, 0) is 12.8 Å². The number of unbranched alkanes of at least 4 members (excludes halogenated alkanes) is 4. The molecule has 0 bridgehead atoms. The summed E-state index contributed by atoms with van der Waals surface area (Å²) in [6, 6.07) is 0. The molecule has 0 amide bonds. The topological polar surface area (TPSA) is 83.6 Å². The van der Waals surface area contributed by atoms with Gasteiger partial charge in [0, 0.05) is 5.25 Å². The van der Waals surface area contributed by atoms with E-state index < -0.39 is 18.1 Å². The number of rotatable bonds is 10. The highest BCUT2D eigenvalue weighted by Crippen LogP contribution is 2.53. The highest BCUT2D eigenvalue weighted by molar-refractivity contribution is 7.81. The molecule has 0 aromatic carbocycles. The summed E-state index contributed by atoms with van der Waals surface area (Å²) >= 11 is 4.35. The SMILES string of the molecule is CCCCCCCC(S)C(N)(CCC)P(=O)(O)O. The monoisotopic (exact) mass is 297 g/mol. The highest BCUT2D eigenvalue weighted by Gasteiger charge is 2.47. The maximum Gasteiger partial charge on any atom is 0.346 e. The first-order valence-corrected chi connectivity index (χ1v) is 8.95. The molecule has 0 aliphatic carbocycles. The van der Waals surface area contributed by atoms with Crippen LogP contribution in [0.5, 0.6) is 0 Å². The fourth-order valence-corrected chi connectivity index (χ4v) is 3.89. The summed E-state index contributed by atoms with van der Waals surface area (Å²) in [5, 5.41) is -1.92. The normalized spacial score (nSPS) is 17.4. The maximum absolute atomic E-state index is 11.5. The first-order valence-electron chi connectivity index (χ1n) is 6.82. The van der Waals surface area contributed by atoms with Gasteiger partial charge in [-0.1, -0.05) is 52.4 Å². The minimum absolute atomic E-state index is 0.306. The van der Waals surface area contributed by atoms with Crippen molar-refractivity contribution in [3.05, 3.63) is 0 Å². The van der Waals surface area contributed by atoms with Crippen molar-refractivity contribution in [2.45, 2.75) is 75.7 Å². The van der Waals surface area contributed by atoms with Gasteiger partial charge in [0.2, 0.25) is 0 Å². The summed E-state index contributed by atoms with van der Waals surface area (Å²) in [5.74, 6) is 0. The summed E-state index contributed by atoms with van der Waals surface area (Å²) in [5.41, 5.74) is 5.93. The van der Waals surface area contributed by atoms with Gasteiger partial charge < -0.3 is 15.5 Å². The Morgan fingerprint density at radius 3 is 2.17 bits per heavy atom. The molecule has 110 valence electrons. The highest BCUT2D eigenvalue weighted by atomic mass is 32.1. The van der Waals surface area contributed by atoms with E-state index in [9.17, 15) is 14.4 Å². The molecule has 0 aromatic heterocycles. The molecule has 2 atom stereocenters. The van der Waals surface area contributed by atoms with E-state index in [1.54, 1.807) is 0 Å². The van der Waals surface area contributed by atoms with Crippen molar-refractivity contribution in [3.63, 3.8) is 0 Å². The molecule has 0 saturated carbocycles. The van der Waals surface area contributed by atoms with Crippen LogP contribution in [0.15, 0.2) is 0 Å². The fourth-order valence-electron chi connectivity index (χ4n) is 2.10. The maximum atomic E-state index is 11.5. The van der Waals surface area contributed by atoms with Crippen molar-refractivity contribution in [3.8, 4) is 0 Å². The van der Waals surface area contributed by atoms with Gasteiger partial charge in [-0.15, -0.1) is 0 Å². The molecule has 2 unspecified atom stereocenters. The second kappa shape index (κ2) is 8.60. The van der Waals surface area contributed by atoms with Gasteiger partial charge in [0.05, 0.1) is 0 Å². The summed E-state index contributed by atoms with van der Waals surface area (Å²) in [6.07, 6.45) is 7.18. The van der Waals surface area contributed by atoms with E-state index in [0.717, 1.165) is 19.3 Å². The molecule has 4 nitrogen and oxygen atoms in total. The third-order valence-corrected chi connectivity index (χ3v) is 5.89. The number of nitrogens with two attached hydrogens (primary N) is 1. The predicted molar refractivity (Wildman–Crippen MR) is 80.0 cm³/mol. The average Bonchev–Trinajstić information content (AvgIpc) is 2.27. The lowest BCUT2D eigenvalue weighted by molar-refractivity contribution is 0.307. The Morgan fingerprint density at radius 1 is 1.17 bits per heavy atom. The van der Waals surface area contributed by atoms with Crippen LogP contribution >= 0.6 is 20.2 Å². The van der Waals surface area contributed by atoms with E-state index in [2.05, 4.69) is 19.6 Å². The van der Waals surface area contributed by atoms with Crippen molar-refractivity contribution >= 4 is 20.2 Å². The van der Waals surface area contributed by atoms with Gasteiger partial charge in [-0.2, -0.15) is 12.6 Å². The van der Waals surface area contributed by atoms with Crippen LogP contribution in [0.2, 0.25) is 0 Å². The smallest absolute Gasteiger partial charge is 0.323 e. The molecule has 0 spiro atoms. The van der Waals surface area contributed by atoms with E-state index in [-0.39, 0.29) is 0 Å². The summed E-state index contributed by atoms with van der Waals surface area (Å²) < 4.78 is 11.5. The van der Waals surface area contributed by atoms with Crippen LogP contribution in [-0.2, 0) is 4.57 Å². The van der Waals surface area contributed by atoms with Crippen molar-refractivity contribution in [2.24, 2.45) is 5.73 Å². The quantitative estimate of drug-likeness (QED) is 0.283. The Bertz CT molecular complexity index is 272. The first kappa shape index (κ1) is 18.5. The van der Waals surface area contributed by atoms with E-state index >= 15 is 0 Å². The summed E-state index contributed by atoms with van der Waals surface area (Å²) in [7, 11) is -4.32. The van der Waals surface area contributed by atoms with Gasteiger partial charge in [0.1, 0.15) is 5.28 Å². The van der Waals surface area contributed by atoms with E-state index in [0.29, 0.717) is 19.3 Å². The fraction of sp³-hybridized carbons (Fsp3) is 1.00. The minimum atomic E-state index is -4.32. The van der Waals surface area contributed by atoms with Crippen LogP contribution in [0.1, 0.15) is 65.2 Å². The zero-order chi connectivity index (χ0) is 14.2. The second-order valence-electron chi connectivity index (χ2n) is 5.00. The molecule has 0 fully saturated rings. The zero-order valence-electron chi connectivity index (χ0n) is 11.5. The van der Waals surface area contributed by atoms with E-state index in [4.69, 9.17) is 5.73 Å². The molecular formula is C12H28NO3PS. The molecule has 18 heavy (non-hydrogen) atoms. The van der Waals surface area contributed by atoms with Crippen LogP contribution in [-0.4, -0.2) is 20.3 Å². The van der Waals surface area contributed by atoms with Crippen LogP contribution in [0, 0.1) is 0 Å². The Kier molecular flexibility index (Phi) is 8.81. The Morgan fingerprint density at radius 2 is 1.72 bits per heavy atom. The Labute approximate surface area is 116 Å². The van der Waals surface area contributed by atoms with Gasteiger partial charge in [-0.3, -0.25) is 4.57 Å². The van der Waals surface area contributed by atoms with Crippen molar-refractivity contribution in [1.29, 1.82) is 0 Å². The van der Waals surface area contributed by atoms with Crippen LogP contribution in [0.4, 0.5) is 0 Å². The van der Waals surface area contributed by atoms with Crippen LogP contribution in [0.25, 0.3) is 0 Å². The third kappa shape index (κ3) is 5.62. The number of thiol groups is 1. The second-order valence-corrected chi connectivity index (χ2v) is 7.55. The van der Waals surface area contributed by atoms with Gasteiger partial charge in [0.15, 0.2) is 0 Å². The van der Waals surface area contributed by atoms with Crippen molar-refractivity contribution < 1.29 is 14.4 Å². The molecule has 4 N–H and O–H groups in total. The third-order valence-electron chi connectivity index (χ3n) is 3.35. The van der Waals surface area contributed by atoms with E-state index in [1.807, 2.05) is 6.92 Å². The standard InChI is InChI=1S/C12H28NO3PS/c1-3-5-6-7-8-9-11(18)12(13,10-4-2)17(14,15)16/h11,18H,3-10,13H2,1-2H3,(H2,14,15,16). The molecule has 0 rings (SSSR count). The lowest BCUT2D eigenvalue weighted by Gasteiger charge is -2.35. The Balaban J connectivity index is 4.32. The van der Waals surface area contributed by atoms with Gasteiger partial charge >= 0.3 is 7.60 Å². The van der Waals surface area contributed by atoms with Crippen LogP contribution in [0.3, 0.4) is 0 Å². The lowest BCUT2D eigenvalue weighted by Crippen LogP contribution is -2.47. The largest absolute Gasteiger partial charge is 0.346 e. The number of hydrogen-bond donors (Lipinski definition) is 4. The first-order chi connectivity index (χ1) is 8.29. The summed E-state index contributed by atoms with van der Waals surface area (Å²) in [4.78, 5) is 18.8. The minimum Gasteiger partial charge on any atom is -0.323 e. The van der Waals surface area contributed by atoms with Crippen LogP contribution < -0.4 is 5.73 Å². The van der Waals surface area contributed by atoms with Gasteiger partial charge in [0.25, 0.3) is 0 Å². The molecular weight excluding hydrogens is 269 g/mol. The lowest BCUT2D eigenvalue weighted by atomic mass is 10.0. The molecule has 6 heteroatoms. The average molecular weight is 297 g/mol. The molecule has 0 aliphatic heterocycles. The van der Waals surface area contributed by atoms with Crippen molar-refractivity contribution in [2.75, 3.05) is 0 Å². The summed E-state index contributed by atoms with van der Waals surface area (Å²) in [6.45, 7) is 4.03.